The van der Waals surface area contributed by atoms with Gasteiger partial charge in [-0.25, -0.2) is 9.59 Å². The summed E-state index contributed by atoms with van der Waals surface area (Å²) < 4.78 is 0. The molecule has 1 amide bonds. The molecule has 1 heterocycles. The Hall–Kier alpha value is -3.00. The summed E-state index contributed by atoms with van der Waals surface area (Å²) in [6.07, 6.45) is 7.18. The molecule has 0 aliphatic carbocycles. The largest absolute Gasteiger partial charge is 0.473 e. The van der Waals surface area contributed by atoms with E-state index in [-0.39, 0.29) is 5.91 Å². The summed E-state index contributed by atoms with van der Waals surface area (Å²) in [5, 5.41) is 18.9. The van der Waals surface area contributed by atoms with E-state index in [0.717, 1.165) is 48.2 Å². The van der Waals surface area contributed by atoms with Crippen LogP contribution < -0.4 is 5.32 Å². The van der Waals surface area contributed by atoms with Crippen molar-refractivity contribution >= 4 is 34.4 Å². The second kappa shape index (κ2) is 14.9. The average Bonchev–Trinajstić information content (AvgIpc) is 2.74. The highest BCUT2D eigenvalue weighted by molar-refractivity contribution is 6.27. The minimum absolute atomic E-state index is 0.0637. The summed E-state index contributed by atoms with van der Waals surface area (Å²) in [5.41, 5.74) is 2.70. The number of hydrogen-bond acceptors (Lipinski definition) is 5. The van der Waals surface area contributed by atoms with Crippen LogP contribution in [0.15, 0.2) is 30.3 Å². The maximum absolute atomic E-state index is 12.7. The number of amides is 1. The number of anilines is 1. The van der Waals surface area contributed by atoms with Gasteiger partial charge in [-0.2, -0.15) is 0 Å². The Kier molecular flexibility index (Phi) is 12.6. The Morgan fingerprint density at radius 1 is 0.938 bits per heavy atom. The molecule has 0 spiro atoms. The predicted octanol–water partition coefficient (Wildman–Crippen LogP) is 4.32. The number of aliphatic carboxylic acids is 2. The summed E-state index contributed by atoms with van der Waals surface area (Å²) in [6.45, 7) is 8.85. The van der Waals surface area contributed by atoms with Gasteiger partial charge in [0, 0.05) is 11.1 Å². The van der Waals surface area contributed by atoms with E-state index in [2.05, 4.69) is 29.0 Å². The number of aromatic nitrogens is 1. The van der Waals surface area contributed by atoms with E-state index in [1.54, 1.807) is 0 Å². The van der Waals surface area contributed by atoms with Gasteiger partial charge in [-0.3, -0.25) is 14.7 Å². The first-order chi connectivity index (χ1) is 15.3. The van der Waals surface area contributed by atoms with Crippen molar-refractivity contribution in [2.75, 3.05) is 25.0 Å². The number of nitrogens with zero attached hydrogens (tertiary/aromatic N) is 2. The van der Waals surface area contributed by atoms with E-state index in [1.165, 1.54) is 25.7 Å². The van der Waals surface area contributed by atoms with Gasteiger partial charge >= 0.3 is 11.9 Å². The summed E-state index contributed by atoms with van der Waals surface area (Å²) >= 11 is 0. The molecule has 3 N–H and O–H groups in total. The van der Waals surface area contributed by atoms with Crippen LogP contribution in [0.2, 0.25) is 0 Å². The van der Waals surface area contributed by atoms with Crippen LogP contribution >= 0.6 is 0 Å². The molecule has 0 radical (unpaired) electrons. The van der Waals surface area contributed by atoms with E-state index < -0.39 is 11.9 Å². The fourth-order valence-corrected chi connectivity index (χ4v) is 3.24. The third-order valence-electron chi connectivity index (χ3n) is 4.82. The SMILES string of the molecule is CCCCCN(CCCCC)CC(=O)Nc1cc(C)nc2ccccc12.O=C(O)C(=O)O. The standard InChI is InChI=1S/C22H33N3O.C2H2O4/c1-4-6-10-14-25(15-11-7-5-2)17-22(26)24-21-16-18(3)23-20-13-9-8-12-19(20)21;3-1(4)2(5)6/h8-9,12-13,16H,4-7,10-11,14-15,17H2,1-3H3,(H,23,24,26);(H,3,4)(H,5,6). The zero-order valence-electron chi connectivity index (χ0n) is 19.3. The van der Waals surface area contributed by atoms with Crippen LogP contribution in [-0.2, 0) is 14.4 Å². The highest BCUT2D eigenvalue weighted by Gasteiger charge is 2.12. The Morgan fingerprint density at radius 3 is 2.03 bits per heavy atom. The molecule has 176 valence electrons. The van der Waals surface area contributed by atoms with Crippen molar-refractivity contribution in [3.63, 3.8) is 0 Å². The molecule has 2 rings (SSSR count). The maximum Gasteiger partial charge on any atom is 0.414 e. The predicted molar refractivity (Wildman–Crippen MR) is 126 cm³/mol. The number of carbonyl (C=O) groups excluding carboxylic acids is 1. The number of hydrogen-bond donors (Lipinski definition) is 3. The molecular formula is C24H35N3O5. The minimum Gasteiger partial charge on any atom is -0.473 e. The lowest BCUT2D eigenvalue weighted by Gasteiger charge is -2.22. The first kappa shape index (κ1) is 27.0. The minimum atomic E-state index is -1.82. The molecule has 8 nitrogen and oxygen atoms in total. The van der Waals surface area contributed by atoms with Crippen molar-refractivity contribution in [1.29, 1.82) is 0 Å². The third kappa shape index (κ3) is 10.3. The second-order valence-corrected chi connectivity index (χ2v) is 7.68. The smallest absolute Gasteiger partial charge is 0.414 e. The summed E-state index contributed by atoms with van der Waals surface area (Å²) in [4.78, 5) is 37.7. The van der Waals surface area contributed by atoms with Crippen LogP contribution in [0.25, 0.3) is 10.9 Å². The maximum atomic E-state index is 12.7. The van der Waals surface area contributed by atoms with Crippen LogP contribution in [0.5, 0.6) is 0 Å². The number of para-hydroxylation sites is 1. The highest BCUT2D eigenvalue weighted by Crippen LogP contribution is 2.22. The Balaban J connectivity index is 0.000000751. The lowest BCUT2D eigenvalue weighted by molar-refractivity contribution is -0.159. The number of rotatable bonds is 11. The Bertz CT molecular complexity index is 863. The number of pyridine rings is 1. The van der Waals surface area contributed by atoms with Crippen LogP contribution in [0.1, 0.15) is 58.1 Å². The van der Waals surface area contributed by atoms with Gasteiger partial charge < -0.3 is 15.5 Å². The molecule has 0 atom stereocenters. The molecule has 0 bridgehead atoms. The topological polar surface area (TPSA) is 120 Å². The van der Waals surface area contributed by atoms with Crippen LogP contribution in [-0.4, -0.2) is 57.6 Å². The van der Waals surface area contributed by atoms with E-state index in [9.17, 15) is 4.79 Å². The van der Waals surface area contributed by atoms with Crippen molar-refractivity contribution in [1.82, 2.24) is 9.88 Å². The molecular weight excluding hydrogens is 410 g/mol. The van der Waals surface area contributed by atoms with Gasteiger partial charge in [0.25, 0.3) is 0 Å². The van der Waals surface area contributed by atoms with Gasteiger partial charge in [-0.1, -0.05) is 57.7 Å². The zero-order chi connectivity index (χ0) is 23.9. The molecule has 1 aromatic carbocycles. The highest BCUT2D eigenvalue weighted by atomic mass is 16.4. The molecule has 0 aliphatic rings. The number of benzene rings is 1. The van der Waals surface area contributed by atoms with Crippen molar-refractivity contribution in [3.05, 3.63) is 36.0 Å². The van der Waals surface area contributed by atoms with E-state index in [1.807, 2.05) is 37.3 Å². The summed E-state index contributed by atoms with van der Waals surface area (Å²) in [6, 6.07) is 9.91. The number of carboxylic acids is 2. The fourth-order valence-electron chi connectivity index (χ4n) is 3.24. The quantitative estimate of drug-likeness (QED) is 0.348. The third-order valence-corrected chi connectivity index (χ3v) is 4.82. The van der Waals surface area contributed by atoms with Gasteiger partial charge in [0.2, 0.25) is 5.91 Å². The van der Waals surface area contributed by atoms with Gasteiger partial charge in [-0.15, -0.1) is 0 Å². The van der Waals surface area contributed by atoms with Crippen molar-refractivity contribution in [2.45, 2.75) is 59.3 Å². The lowest BCUT2D eigenvalue weighted by atomic mass is 10.1. The molecule has 0 aliphatic heterocycles. The first-order valence-corrected chi connectivity index (χ1v) is 11.1. The molecule has 0 unspecified atom stereocenters. The van der Waals surface area contributed by atoms with E-state index in [4.69, 9.17) is 19.8 Å². The van der Waals surface area contributed by atoms with E-state index in [0.29, 0.717) is 6.54 Å². The number of nitrogens with one attached hydrogen (secondary N) is 1. The van der Waals surface area contributed by atoms with Gasteiger partial charge in [-0.05, 0) is 45.0 Å². The van der Waals surface area contributed by atoms with Crippen molar-refractivity contribution in [2.24, 2.45) is 0 Å². The van der Waals surface area contributed by atoms with Crippen molar-refractivity contribution < 1.29 is 24.6 Å². The lowest BCUT2D eigenvalue weighted by Crippen LogP contribution is -2.34. The van der Waals surface area contributed by atoms with E-state index >= 15 is 0 Å². The molecule has 8 heteroatoms. The summed E-state index contributed by atoms with van der Waals surface area (Å²) in [7, 11) is 0. The second-order valence-electron chi connectivity index (χ2n) is 7.68. The summed E-state index contributed by atoms with van der Waals surface area (Å²) in [5.74, 6) is -3.58. The molecule has 0 saturated heterocycles. The number of carboxylic acid groups (broad SMARTS) is 2. The monoisotopic (exact) mass is 445 g/mol. The number of unbranched alkanes of at least 4 members (excludes halogenated alkanes) is 4. The average molecular weight is 446 g/mol. The van der Waals surface area contributed by atoms with Crippen LogP contribution in [0.3, 0.4) is 0 Å². The molecule has 0 fully saturated rings. The normalized spacial score (nSPS) is 10.5. The van der Waals surface area contributed by atoms with Crippen LogP contribution in [0.4, 0.5) is 5.69 Å². The van der Waals surface area contributed by atoms with Crippen LogP contribution in [0, 0.1) is 6.92 Å². The molecule has 2 aromatic rings. The fraction of sp³-hybridized carbons (Fsp3) is 0.500. The number of carbonyl (C=O) groups is 3. The Morgan fingerprint density at radius 2 is 1.50 bits per heavy atom. The van der Waals surface area contributed by atoms with Gasteiger partial charge in [0.1, 0.15) is 0 Å². The van der Waals surface area contributed by atoms with Gasteiger partial charge in [0.05, 0.1) is 17.7 Å². The zero-order valence-corrected chi connectivity index (χ0v) is 19.3. The van der Waals surface area contributed by atoms with Crippen molar-refractivity contribution in [3.8, 4) is 0 Å². The number of fused-ring (bicyclic) bond motifs is 1. The van der Waals surface area contributed by atoms with Gasteiger partial charge in [0.15, 0.2) is 0 Å². The molecule has 1 aromatic heterocycles. The molecule has 0 saturated carbocycles. The Labute approximate surface area is 189 Å². The first-order valence-electron chi connectivity index (χ1n) is 11.1. The number of aryl methyl sites for hydroxylation is 1. The molecule has 32 heavy (non-hydrogen) atoms.